The van der Waals surface area contributed by atoms with E-state index < -0.39 is 5.66 Å². The molecule has 0 bridgehead atoms. The number of amides is 2. The third-order valence-corrected chi connectivity index (χ3v) is 4.78. The van der Waals surface area contributed by atoms with Gasteiger partial charge in [-0.3, -0.25) is 14.5 Å². The summed E-state index contributed by atoms with van der Waals surface area (Å²) >= 11 is 0. The molecule has 9 heteroatoms. The van der Waals surface area contributed by atoms with Crippen LogP contribution in [0, 0.1) is 19.3 Å². The molecule has 0 saturated carbocycles. The number of anilines is 1. The molecule has 3 heterocycles. The zero-order valence-corrected chi connectivity index (χ0v) is 15.5. The van der Waals surface area contributed by atoms with Crippen LogP contribution in [0.5, 0.6) is 0 Å². The predicted octanol–water partition coefficient (Wildman–Crippen LogP) is 1.42. The van der Waals surface area contributed by atoms with Crippen molar-refractivity contribution < 1.29 is 14.1 Å². The Hall–Kier alpha value is -2.73. The molecular formula is C18H24N6O3. The largest absolute Gasteiger partial charge is 0.360 e. The lowest BCUT2D eigenvalue weighted by Gasteiger charge is -2.34. The van der Waals surface area contributed by atoms with Gasteiger partial charge in [-0.25, -0.2) is 0 Å². The van der Waals surface area contributed by atoms with E-state index in [0.717, 1.165) is 0 Å². The van der Waals surface area contributed by atoms with E-state index in [2.05, 4.69) is 26.6 Å². The van der Waals surface area contributed by atoms with Gasteiger partial charge >= 0.3 is 0 Å². The molecule has 0 atom stereocenters. The third-order valence-electron chi connectivity index (χ3n) is 4.78. The summed E-state index contributed by atoms with van der Waals surface area (Å²) in [5.41, 5.74) is -0.415. The van der Waals surface area contributed by atoms with Crippen molar-refractivity contribution in [2.75, 3.05) is 38.0 Å². The maximum absolute atomic E-state index is 12.4. The summed E-state index contributed by atoms with van der Waals surface area (Å²) < 4.78 is 4.92. The molecule has 0 radical (unpaired) electrons. The molecule has 0 aliphatic carbocycles. The van der Waals surface area contributed by atoms with E-state index in [4.69, 9.17) is 10.9 Å². The zero-order chi connectivity index (χ0) is 19.3. The Morgan fingerprint density at radius 3 is 2.63 bits per heavy atom. The first-order chi connectivity index (χ1) is 13.0. The Kier molecular flexibility index (Phi) is 5.86. The lowest BCUT2D eigenvalue weighted by molar-refractivity contribution is -0.133. The molecule has 0 spiro atoms. The average molecular weight is 372 g/mol. The maximum Gasteiger partial charge on any atom is 0.239 e. The molecule has 0 unspecified atom stereocenters. The summed E-state index contributed by atoms with van der Waals surface area (Å²) in [7, 11) is 0. The Bertz CT molecular complexity index is 751. The van der Waals surface area contributed by atoms with Gasteiger partial charge < -0.3 is 14.7 Å². The van der Waals surface area contributed by atoms with Crippen molar-refractivity contribution in [1.29, 1.82) is 0 Å². The molecule has 1 aromatic heterocycles. The second-order valence-corrected chi connectivity index (χ2v) is 6.91. The number of nitrogens with one attached hydrogen (secondary N) is 1. The van der Waals surface area contributed by atoms with Crippen molar-refractivity contribution in [1.82, 2.24) is 15.0 Å². The molecule has 1 aromatic rings. The Morgan fingerprint density at radius 1 is 1.30 bits per heavy atom. The van der Waals surface area contributed by atoms with Crippen LogP contribution >= 0.6 is 0 Å². The Morgan fingerprint density at radius 2 is 2.04 bits per heavy atom. The predicted molar refractivity (Wildman–Crippen MR) is 97.8 cm³/mol. The number of nitrogens with zero attached hydrogens (tertiary/aromatic N) is 5. The highest BCUT2D eigenvalue weighted by atomic mass is 16.5. The zero-order valence-electron chi connectivity index (χ0n) is 15.5. The molecule has 2 amide bonds. The van der Waals surface area contributed by atoms with E-state index >= 15 is 0 Å². The first kappa shape index (κ1) is 19.0. The summed E-state index contributed by atoms with van der Waals surface area (Å²) in [5.74, 6) is 3.61. The van der Waals surface area contributed by atoms with Crippen molar-refractivity contribution in [3.05, 3.63) is 11.8 Å². The molecular weight excluding hydrogens is 348 g/mol. The van der Waals surface area contributed by atoms with E-state index in [9.17, 15) is 9.59 Å². The molecule has 0 aromatic carbocycles. The highest BCUT2D eigenvalue weighted by Gasteiger charge is 2.39. The fraction of sp³-hybridized carbons (Fsp3) is 0.611. The molecule has 1 fully saturated rings. The van der Waals surface area contributed by atoms with E-state index in [1.807, 2.05) is 9.80 Å². The normalized spacial score (nSPS) is 18.1. The van der Waals surface area contributed by atoms with Crippen LogP contribution in [0.4, 0.5) is 5.82 Å². The minimum absolute atomic E-state index is 0.106. The van der Waals surface area contributed by atoms with Crippen LogP contribution in [-0.2, 0) is 9.59 Å². The second kappa shape index (κ2) is 8.31. The smallest absolute Gasteiger partial charge is 0.239 e. The summed E-state index contributed by atoms with van der Waals surface area (Å²) in [6.07, 6.45) is 7.65. The van der Waals surface area contributed by atoms with Gasteiger partial charge in [-0.1, -0.05) is 5.16 Å². The Labute approximate surface area is 158 Å². The van der Waals surface area contributed by atoms with Crippen LogP contribution < -0.4 is 5.32 Å². The van der Waals surface area contributed by atoms with Crippen LogP contribution in [0.15, 0.2) is 20.8 Å². The van der Waals surface area contributed by atoms with Crippen molar-refractivity contribution in [3.8, 4) is 12.3 Å². The van der Waals surface area contributed by atoms with E-state index in [1.165, 1.54) is 0 Å². The van der Waals surface area contributed by atoms with Gasteiger partial charge in [-0.2, -0.15) is 10.2 Å². The van der Waals surface area contributed by atoms with Gasteiger partial charge in [-0.15, -0.1) is 12.3 Å². The van der Waals surface area contributed by atoms with E-state index in [0.29, 0.717) is 63.4 Å². The number of rotatable bonds is 8. The van der Waals surface area contributed by atoms with Crippen LogP contribution in [-0.4, -0.2) is 65.2 Å². The molecule has 1 N–H and O–H groups in total. The molecule has 1 saturated heterocycles. The number of aryl methyl sites for hydroxylation is 1. The van der Waals surface area contributed by atoms with Gasteiger partial charge in [-0.05, 0) is 6.92 Å². The van der Waals surface area contributed by atoms with Gasteiger partial charge in [0.1, 0.15) is 5.76 Å². The van der Waals surface area contributed by atoms with E-state index in [-0.39, 0.29) is 18.4 Å². The monoisotopic (exact) mass is 372 g/mol. The molecule has 144 valence electrons. The number of piperazine rings is 1. The highest BCUT2D eigenvalue weighted by Crippen LogP contribution is 2.37. The highest BCUT2D eigenvalue weighted by molar-refractivity contribution is 5.91. The van der Waals surface area contributed by atoms with Crippen LogP contribution in [0.25, 0.3) is 0 Å². The van der Waals surface area contributed by atoms with Gasteiger partial charge in [0.2, 0.25) is 11.8 Å². The Balaban J connectivity index is 1.35. The molecule has 27 heavy (non-hydrogen) atoms. The molecule has 3 rings (SSSR count). The maximum atomic E-state index is 12.4. The summed E-state index contributed by atoms with van der Waals surface area (Å²) in [5, 5.41) is 14.6. The minimum atomic E-state index is -0.415. The topological polar surface area (TPSA) is 103 Å². The van der Waals surface area contributed by atoms with Crippen molar-refractivity contribution in [3.63, 3.8) is 0 Å². The SMILES string of the molecule is C#CCCC1(CCC(=O)N2CCN(CC(=O)Nc3cc(C)on3)CC2)N=N1. The number of carbonyl (C=O) groups excluding carboxylic acids is 2. The van der Waals surface area contributed by atoms with E-state index in [1.54, 1.807) is 13.0 Å². The number of hydrogen-bond donors (Lipinski definition) is 1. The van der Waals surface area contributed by atoms with Gasteiger partial charge in [0.15, 0.2) is 11.5 Å². The standard InChI is InChI=1S/C18H24N6O3/c1-3-4-6-18(21-22-18)7-5-17(26)24-10-8-23(9-11-24)13-16(25)19-15-12-14(2)27-20-15/h1,12H,4-11,13H2,2H3,(H,19,20,25). The van der Waals surface area contributed by atoms with Crippen molar-refractivity contribution in [2.45, 2.75) is 38.3 Å². The first-order valence-corrected chi connectivity index (χ1v) is 9.10. The average Bonchev–Trinajstić information content (AvgIpc) is 3.32. The van der Waals surface area contributed by atoms with Gasteiger partial charge in [0.25, 0.3) is 0 Å². The fourth-order valence-corrected chi connectivity index (χ4v) is 3.10. The fourth-order valence-electron chi connectivity index (χ4n) is 3.10. The summed E-state index contributed by atoms with van der Waals surface area (Å²) in [6.45, 7) is 4.58. The minimum Gasteiger partial charge on any atom is -0.360 e. The van der Waals surface area contributed by atoms with Crippen LogP contribution in [0.2, 0.25) is 0 Å². The molecule has 2 aliphatic heterocycles. The molecule has 9 nitrogen and oxygen atoms in total. The number of terminal acetylenes is 1. The van der Waals surface area contributed by atoms with Crippen molar-refractivity contribution in [2.24, 2.45) is 10.2 Å². The number of hydrogen-bond acceptors (Lipinski definition) is 7. The lowest BCUT2D eigenvalue weighted by atomic mass is 10.0. The van der Waals surface area contributed by atoms with Crippen LogP contribution in [0.1, 0.15) is 31.4 Å². The van der Waals surface area contributed by atoms with Gasteiger partial charge in [0, 0.05) is 57.9 Å². The quantitative estimate of drug-likeness (QED) is 0.695. The second-order valence-electron chi connectivity index (χ2n) is 6.91. The van der Waals surface area contributed by atoms with Crippen LogP contribution in [0.3, 0.4) is 0 Å². The summed E-state index contributed by atoms with van der Waals surface area (Å²) in [6, 6.07) is 1.67. The van der Waals surface area contributed by atoms with Crippen molar-refractivity contribution >= 4 is 17.6 Å². The lowest BCUT2D eigenvalue weighted by Crippen LogP contribution is -2.50. The molecule has 2 aliphatic rings. The summed E-state index contributed by atoms with van der Waals surface area (Å²) in [4.78, 5) is 28.3. The number of aromatic nitrogens is 1. The first-order valence-electron chi connectivity index (χ1n) is 9.10. The third kappa shape index (κ3) is 5.37. The number of carbonyl (C=O) groups is 2. The van der Waals surface area contributed by atoms with Gasteiger partial charge in [0.05, 0.1) is 6.54 Å².